The second-order valence-corrected chi connectivity index (χ2v) is 15.3. The number of carbonyl (C=O) groups excluding carboxylic acids is 1. The highest BCUT2D eigenvalue weighted by Gasteiger charge is 2.47. The summed E-state index contributed by atoms with van der Waals surface area (Å²) in [5.74, 6) is 1.08. The van der Waals surface area contributed by atoms with Crippen molar-refractivity contribution in [2.75, 3.05) is 17.7 Å². The molecule has 0 saturated carbocycles. The third-order valence-corrected chi connectivity index (χ3v) is 11.4. The zero-order valence-electron chi connectivity index (χ0n) is 25.7. The van der Waals surface area contributed by atoms with Crippen LogP contribution in [0.1, 0.15) is 69.3 Å². The minimum atomic E-state index is -3.57. The second kappa shape index (κ2) is 11.8. The minimum absolute atomic E-state index is 0.0347. The number of aromatic nitrogens is 2. The van der Waals surface area contributed by atoms with E-state index < -0.39 is 15.1 Å². The first-order valence-corrected chi connectivity index (χ1v) is 17.1. The van der Waals surface area contributed by atoms with Crippen molar-refractivity contribution in [1.82, 2.24) is 19.8 Å². The van der Waals surface area contributed by atoms with Crippen molar-refractivity contribution in [2.24, 2.45) is 0 Å². The van der Waals surface area contributed by atoms with Gasteiger partial charge in [-0.15, -0.1) is 0 Å². The monoisotopic (exact) mass is 638 g/mol. The molecule has 12 heteroatoms. The molecule has 2 saturated heterocycles. The molecule has 3 aliphatic rings. The average molecular weight is 639 g/mol. The summed E-state index contributed by atoms with van der Waals surface area (Å²) in [6, 6.07) is 11.6. The number of ether oxygens (including phenoxy) is 1. The molecule has 2 N–H and O–H groups in total. The Labute approximate surface area is 264 Å². The van der Waals surface area contributed by atoms with Gasteiger partial charge in [-0.25, -0.2) is 13.4 Å². The van der Waals surface area contributed by atoms with Gasteiger partial charge in [0.2, 0.25) is 5.95 Å². The zero-order chi connectivity index (χ0) is 31.3. The lowest BCUT2D eigenvalue weighted by Gasteiger charge is -2.34. The van der Waals surface area contributed by atoms with Gasteiger partial charge in [0.25, 0.3) is 5.91 Å². The van der Waals surface area contributed by atoms with Crippen LogP contribution < -0.4 is 15.4 Å². The van der Waals surface area contributed by atoms with Crippen LogP contribution in [0.25, 0.3) is 0 Å². The number of carbonyl (C=O) groups is 1. The van der Waals surface area contributed by atoms with Crippen LogP contribution in [0.2, 0.25) is 5.02 Å². The van der Waals surface area contributed by atoms with Crippen LogP contribution in [0.3, 0.4) is 0 Å². The van der Waals surface area contributed by atoms with Crippen LogP contribution in [0.15, 0.2) is 47.5 Å². The van der Waals surface area contributed by atoms with Crippen LogP contribution in [0.5, 0.6) is 5.75 Å². The van der Waals surface area contributed by atoms with E-state index in [4.69, 9.17) is 16.3 Å². The number of likely N-dealkylation sites (N-methyl/N-ethyl adjacent to an activating group) is 1. The highest BCUT2D eigenvalue weighted by Crippen LogP contribution is 2.42. The Morgan fingerprint density at radius 1 is 1.05 bits per heavy atom. The van der Waals surface area contributed by atoms with Crippen LogP contribution >= 0.6 is 11.6 Å². The van der Waals surface area contributed by atoms with E-state index in [9.17, 15) is 13.2 Å². The highest BCUT2D eigenvalue weighted by atomic mass is 35.5. The molecule has 234 valence electrons. The number of piperidine rings is 1. The van der Waals surface area contributed by atoms with Crippen molar-refractivity contribution in [2.45, 2.75) is 94.3 Å². The van der Waals surface area contributed by atoms with Gasteiger partial charge in [-0.1, -0.05) is 30.2 Å². The van der Waals surface area contributed by atoms with Crippen molar-refractivity contribution in [3.63, 3.8) is 0 Å². The minimum Gasteiger partial charge on any atom is -0.489 e. The van der Waals surface area contributed by atoms with E-state index in [1.807, 2.05) is 30.9 Å². The van der Waals surface area contributed by atoms with E-state index in [0.29, 0.717) is 41.3 Å². The quantitative estimate of drug-likeness (QED) is 0.284. The average Bonchev–Trinajstić information content (AvgIpc) is 3.34. The van der Waals surface area contributed by atoms with Crippen molar-refractivity contribution in [1.29, 1.82) is 0 Å². The molecule has 0 aliphatic carbocycles. The predicted octanol–water partition coefficient (Wildman–Crippen LogP) is 6.17. The smallest absolute Gasteiger partial charge is 0.254 e. The Hall–Kier alpha value is -3.41. The number of nitrogens with one attached hydrogen (secondary N) is 2. The maximum Gasteiger partial charge on any atom is 0.254 e. The molecule has 1 aromatic heterocycles. The first-order valence-electron chi connectivity index (χ1n) is 15.2. The maximum atomic E-state index is 13.8. The van der Waals surface area contributed by atoms with Gasteiger partial charge >= 0.3 is 0 Å². The molecule has 2 fully saturated rings. The molecule has 0 spiro atoms. The molecule has 2 aromatic carbocycles. The summed E-state index contributed by atoms with van der Waals surface area (Å²) in [6.07, 6.45) is 5.86. The fourth-order valence-corrected chi connectivity index (χ4v) is 8.01. The third kappa shape index (κ3) is 5.61. The highest BCUT2D eigenvalue weighted by molar-refractivity contribution is 7.92. The molecule has 6 rings (SSSR count). The van der Waals surface area contributed by atoms with E-state index in [1.165, 1.54) is 19.0 Å². The molecule has 4 heterocycles. The molecule has 3 unspecified atom stereocenters. The van der Waals surface area contributed by atoms with Crippen molar-refractivity contribution in [3.05, 3.63) is 58.7 Å². The number of hydrogen-bond donors (Lipinski definition) is 2. The molecule has 3 aromatic rings. The van der Waals surface area contributed by atoms with Crippen LogP contribution in [0, 0.1) is 0 Å². The van der Waals surface area contributed by atoms with Crippen molar-refractivity contribution >= 4 is 50.5 Å². The Bertz CT molecular complexity index is 1700. The van der Waals surface area contributed by atoms with E-state index in [1.54, 1.807) is 38.1 Å². The number of rotatable bonds is 9. The Morgan fingerprint density at radius 3 is 2.55 bits per heavy atom. The maximum absolute atomic E-state index is 13.8. The number of amides is 1. The Balaban J connectivity index is 1.30. The van der Waals surface area contributed by atoms with Crippen LogP contribution in [-0.2, 0) is 16.4 Å². The molecule has 2 bridgehead atoms. The predicted molar refractivity (Wildman–Crippen MR) is 172 cm³/mol. The number of fused-ring (bicyclic) bond motifs is 3. The number of sulfone groups is 1. The van der Waals surface area contributed by atoms with Crippen LogP contribution in [-0.4, -0.2) is 70.6 Å². The van der Waals surface area contributed by atoms with E-state index in [0.717, 1.165) is 18.4 Å². The van der Waals surface area contributed by atoms with E-state index in [2.05, 4.69) is 32.5 Å². The lowest BCUT2D eigenvalue weighted by Crippen LogP contribution is -2.45. The summed E-state index contributed by atoms with van der Waals surface area (Å²) in [5.41, 5.74) is 2.52. The second-order valence-electron chi connectivity index (χ2n) is 12.5. The molecule has 1 amide bonds. The SMILES string of the molecule is CC(C)Oc1cc2c(cc1Nc1ncc(Cl)c(Nc3ccccc3S(=O)(=O)C(C)C)n1)C(=O)N(C1CC3CCCC1N3C)C2. The van der Waals surface area contributed by atoms with Crippen LogP contribution in [0.4, 0.5) is 23.1 Å². The van der Waals surface area contributed by atoms with Gasteiger partial charge in [0.15, 0.2) is 15.7 Å². The van der Waals surface area contributed by atoms with Gasteiger partial charge in [-0.3, -0.25) is 9.69 Å². The Morgan fingerprint density at radius 2 is 1.82 bits per heavy atom. The number of hydrogen-bond acceptors (Lipinski definition) is 9. The number of benzene rings is 2. The third-order valence-electron chi connectivity index (χ3n) is 8.95. The standard InChI is InChI=1S/C32H39ClN6O4S/c1-18(2)43-28-13-20-17-39(27-14-21-9-8-11-26(27)38(21)5)31(40)22(20)15-25(28)36-32-34-16-23(33)30(37-32)35-24-10-6-7-12-29(24)44(41,42)19(3)4/h6-7,10,12-13,15-16,18-19,21,26-27H,8-9,11,14,17H2,1-5H3,(H2,34,35,36,37). The fraction of sp³-hybridized carbons (Fsp3) is 0.469. The summed E-state index contributed by atoms with van der Waals surface area (Å²) in [7, 11) is -1.38. The Kier molecular flexibility index (Phi) is 8.23. The molecule has 0 radical (unpaired) electrons. The van der Waals surface area contributed by atoms with E-state index in [-0.39, 0.29) is 39.7 Å². The molecule has 3 atom stereocenters. The van der Waals surface area contributed by atoms with E-state index >= 15 is 0 Å². The number of halogens is 1. The molecule has 44 heavy (non-hydrogen) atoms. The topological polar surface area (TPSA) is 117 Å². The number of nitrogens with zero attached hydrogens (tertiary/aromatic N) is 4. The summed E-state index contributed by atoms with van der Waals surface area (Å²) < 4.78 is 32.2. The largest absolute Gasteiger partial charge is 0.489 e. The lowest BCUT2D eigenvalue weighted by molar-refractivity contribution is 0.0642. The first kappa shape index (κ1) is 30.6. The van der Waals surface area contributed by atoms with Gasteiger partial charge < -0.3 is 20.3 Å². The number of anilines is 4. The molecular weight excluding hydrogens is 600 g/mol. The van der Waals surface area contributed by atoms with Crippen molar-refractivity contribution < 1.29 is 17.9 Å². The summed E-state index contributed by atoms with van der Waals surface area (Å²) in [6.45, 7) is 7.75. The first-order chi connectivity index (χ1) is 20.9. The lowest BCUT2D eigenvalue weighted by atomic mass is 10.0. The van der Waals surface area contributed by atoms with Gasteiger partial charge in [0.05, 0.1) is 33.8 Å². The van der Waals surface area contributed by atoms with Gasteiger partial charge in [-0.05, 0) is 83.8 Å². The summed E-state index contributed by atoms with van der Waals surface area (Å²) in [5, 5.41) is 5.93. The summed E-state index contributed by atoms with van der Waals surface area (Å²) in [4.78, 5) is 27.4. The normalized spacial score (nSPS) is 21.7. The zero-order valence-corrected chi connectivity index (χ0v) is 27.2. The van der Waals surface area contributed by atoms with Gasteiger partial charge in [0, 0.05) is 30.2 Å². The van der Waals surface area contributed by atoms with Gasteiger partial charge in [-0.2, -0.15) is 4.98 Å². The summed E-state index contributed by atoms with van der Waals surface area (Å²) >= 11 is 6.46. The fourth-order valence-electron chi connectivity index (χ4n) is 6.67. The van der Waals surface area contributed by atoms with Gasteiger partial charge in [0.1, 0.15) is 10.8 Å². The number of para-hydroxylation sites is 1. The molecule has 10 nitrogen and oxygen atoms in total. The molecule has 3 aliphatic heterocycles. The van der Waals surface area contributed by atoms with Crippen molar-refractivity contribution in [3.8, 4) is 5.75 Å². The molecular formula is C32H39ClN6O4S.